The molecule has 1 aliphatic rings. The Morgan fingerprint density at radius 2 is 2.15 bits per heavy atom. The van der Waals surface area contributed by atoms with Gasteiger partial charge in [-0.15, -0.1) is 11.3 Å². The number of nitrogens with two attached hydrogens (primary N) is 1. The van der Waals surface area contributed by atoms with E-state index < -0.39 is 0 Å². The van der Waals surface area contributed by atoms with Crippen LogP contribution in [0.3, 0.4) is 0 Å². The Balaban J connectivity index is 2.07. The Kier molecular flexibility index (Phi) is 5.57. The van der Waals surface area contributed by atoms with Crippen molar-refractivity contribution in [2.45, 2.75) is 45.1 Å². The SMILES string of the molecule is Cc1cc(C(=O)NC(C(N)=S)C2CCCCC2)sc1Br. The lowest BCUT2D eigenvalue weighted by Crippen LogP contribution is -2.48. The molecule has 1 aliphatic carbocycles. The van der Waals surface area contributed by atoms with Gasteiger partial charge in [0.25, 0.3) is 5.91 Å². The molecule has 0 spiro atoms. The topological polar surface area (TPSA) is 55.1 Å². The van der Waals surface area contributed by atoms with Gasteiger partial charge in [-0.25, -0.2) is 0 Å². The van der Waals surface area contributed by atoms with Crippen molar-refractivity contribution < 1.29 is 4.79 Å². The van der Waals surface area contributed by atoms with Crippen molar-refractivity contribution in [3.05, 3.63) is 20.3 Å². The number of hydrogen-bond donors (Lipinski definition) is 2. The summed E-state index contributed by atoms with van der Waals surface area (Å²) in [6, 6.07) is 1.71. The van der Waals surface area contributed by atoms with E-state index in [9.17, 15) is 4.79 Å². The minimum atomic E-state index is -0.181. The first-order valence-corrected chi connectivity index (χ1v) is 8.87. The van der Waals surface area contributed by atoms with E-state index in [4.69, 9.17) is 18.0 Å². The largest absolute Gasteiger partial charge is 0.392 e. The lowest BCUT2D eigenvalue weighted by atomic mass is 9.84. The number of hydrogen-bond acceptors (Lipinski definition) is 3. The van der Waals surface area contributed by atoms with Crippen LogP contribution in [-0.2, 0) is 0 Å². The van der Waals surface area contributed by atoms with E-state index in [2.05, 4.69) is 21.2 Å². The van der Waals surface area contributed by atoms with E-state index in [0.29, 0.717) is 15.8 Å². The van der Waals surface area contributed by atoms with Crippen LogP contribution in [-0.4, -0.2) is 16.9 Å². The molecule has 110 valence electrons. The minimum absolute atomic E-state index is 0.0767. The molecule has 0 aliphatic heterocycles. The van der Waals surface area contributed by atoms with Gasteiger partial charge < -0.3 is 11.1 Å². The summed E-state index contributed by atoms with van der Waals surface area (Å²) >= 11 is 10.0. The van der Waals surface area contributed by atoms with Crippen LogP contribution in [0.15, 0.2) is 9.85 Å². The highest BCUT2D eigenvalue weighted by atomic mass is 79.9. The van der Waals surface area contributed by atoms with Crippen LogP contribution in [0.25, 0.3) is 0 Å². The highest BCUT2D eigenvalue weighted by Crippen LogP contribution is 2.29. The second-order valence-corrected chi connectivity index (χ2v) is 8.16. The summed E-state index contributed by atoms with van der Waals surface area (Å²) in [7, 11) is 0. The predicted molar refractivity (Wildman–Crippen MR) is 91.4 cm³/mol. The smallest absolute Gasteiger partial charge is 0.261 e. The predicted octanol–water partition coefficient (Wildman–Crippen LogP) is 3.78. The molecule has 3 N–H and O–H groups in total. The number of rotatable bonds is 4. The first kappa shape index (κ1) is 15.9. The molecule has 0 aromatic carbocycles. The van der Waals surface area contributed by atoms with Crippen molar-refractivity contribution in [3.8, 4) is 0 Å². The van der Waals surface area contributed by atoms with Gasteiger partial charge in [0.05, 0.1) is 19.7 Å². The van der Waals surface area contributed by atoms with Gasteiger partial charge in [-0.2, -0.15) is 0 Å². The van der Waals surface area contributed by atoms with Crippen LogP contribution in [0.5, 0.6) is 0 Å². The minimum Gasteiger partial charge on any atom is -0.392 e. The van der Waals surface area contributed by atoms with Crippen molar-refractivity contribution in [1.82, 2.24) is 5.32 Å². The highest BCUT2D eigenvalue weighted by Gasteiger charge is 2.28. The number of carbonyl (C=O) groups excluding carboxylic acids is 1. The summed E-state index contributed by atoms with van der Waals surface area (Å²) in [5.74, 6) is 0.307. The summed E-state index contributed by atoms with van der Waals surface area (Å²) in [6.07, 6.45) is 5.85. The zero-order valence-corrected chi connectivity index (χ0v) is 14.7. The number of thiocarbonyl (C=S) groups is 1. The average Bonchev–Trinajstić information content (AvgIpc) is 2.76. The van der Waals surface area contributed by atoms with E-state index in [-0.39, 0.29) is 11.9 Å². The van der Waals surface area contributed by atoms with Gasteiger partial charge >= 0.3 is 0 Å². The Labute approximate surface area is 137 Å². The van der Waals surface area contributed by atoms with Gasteiger partial charge in [0.2, 0.25) is 0 Å². The van der Waals surface area contributed by atoms with Crippen molar-refractivity contribution in [2.24, 2.45) is 11.7 Å². The molecule has 0 bridgehead atoms. The molecule has 20 heavy (non-hydrogen) atoms. The number of carbonyl (C=O) groups is 1. The number of halogens is 1. The molecule has 1 amide bonds. The molecule has 1 heterocycles. The molecule has 2 rings (SSSR count). The zero-order chi connectivity index (χ0) is 14.7. The normalized spacial score (nSPS) is 17.7. The summed E-state index contributed by atoms with van der Waals surface area (Å²) < 4.78 is 0.993. The van der Waals surface area contributed by atoms with Crippen molar-refractivity contribution >= 4 is 50.4 Å². The van der Waals surface area contributed by atoms with Crippen LogP contribution in [0.4, 0.5) is 0 Å². The van der Waals surface area contributed by atoms with E-state index in [1.54, 1.807) is 0 Å². The second kappa shape index (κ2) is 7.00. The standard InChI is InChI=1S/C14H19BrN2OS2/c1-8-7-10(20-12(8)15)14(18)17-11(13(16)19)9-5-3-2-4-6-9/h7,9,11H,2-6H2,1H3,(H2,16,19)(H,17,18). The third kappa shape index (κ3) is 3.80. The first-order chi connectivity index (χ1) is 9.49. The lowest BCUT2D eigenvalue weighted by Gasteiger charge is -2.30. The fourth-order valence-electron chi connectivity index (χ4n) is 2.67. The van der Waals surface area contributed by atoms with Gasteiger partial charge in [-0.1, -0.05) is 31.5 Å². The monoisotopic (exact) mass is 374 g/mol. The maximum absolute atomic E-state index is 12.3. The number of amides is 1. The molecular weight excluding hydrogens is 356 g/mol. The zero-order valence-electron chi connectivity index (χ0n) is 11.4. The number of thiophene rings is 1. The van der Waals surface area contributed by atoms with E-state index in [1.165, 1.54) is 30.6 Å². The van der Waals surface area contributed by atoms with Gasteiger partial charge in [0.15, 0.2) is 0 Å². The van der Waals surface area contributed by atoms with Gasteiger partial charge in [-0.05, 0) is 53.2 Å². The number of nitrogens with one attached hydrogen (secondary N) is 1. The van der Waals surface area contributed by atoms with Crippen LogP contribution < -0.4 is 11.1 Å². The summed E-state index contributed by atoms with van der Waals surface area (Å²) in [6.45, 7) is 1.98. The molecule has 3 nitrogen and oxygen atoms in total. The summed E-state index contributed by atoms with van der Waals surface area (Å²) in [5.41, 5.74) is 6.91. The fraction of sp³-hybridized carbons (Fsp3) is 0.571. The lowest BCUT2D eigenvalue weighted by molar-refractivity contribution is 0.0936. The van der Waals surface area contributed by atoms with E-state index >= 15 is 0 Å². The van der Waals surface area contributed by atoms with E-state index in [1.807, 2.05) is 13.0 Å². The van der Waals surface area contributed by atoms with Gasteiger partial charge in [0.1, 0.15) is 0 Å². The third-order valence-corrected chi connectivity index (χ3v) is 6.18. The molecule has 1 atom stereocenters. The average molecular weight is 375 g/mol. The molecule has 0 radical (unpaired) electrons. The Hall–Kier alpha value is -0.460. The molecule has 6 heteroatoms. The first-order valence-electron chi connectivity index (χ1n) is 6.85. The molecule has 1 aromatic rings. The molecular formula is C14H19BrN2OS2. The summed E-state index contributed by atoms with van der Waals surface area (Å²) in [4.78, 5) is 13.4. The van der Waals surface area contributed by atoms with Crippen LogP contribution >= 0.6 is 39.5 Å². The van der Waals surface area contributed by atoms with Crippen molar-refractivity contribution in [1.29, 1.82) is 0 Å². The van der Waals surface area contributed by atoms with Crippen molar-refractivity contribution in [2.75, 3.05) is 0 Å². The van der Waals surface area contributed by atoms with Crippen molar-refractivity contribution in [3.63, 3.8) is 0 Å². The molecule has 0 saturated heterocycles. The van der Waals surface area contributed by atoms with Gasteiger partial charge in [0, 0.05) is 0 Å². The van der Waals surface area contributed by atoms with Crippen LogP contribution in [0, 0.1) is 12.8 Å². The van der Waals surface area contributed by atoms with Crippen LogP contribution in [0.1, 0.15) is 47.3 Å². The van der Waals surface area contributed by atoms with Gasteiger partial charge in [-0.3, -0.25) is 4.79 Å². The molecule has 1 saturated carbocycles. The Bertz CT molecular complexity index is 490. The third-order valence-electron chi connectivity index (χ3n) is 3.80. The number of aryl methyl sites for hydroxylation is 1. The van der Waals surface area contributed by atoms with Crippen LogP contribution in [0.2, 0.25) is 0 Å². The van der Waals surface area contributed by atoms with E-state index in [0.717, 1.165) is 22.2 Å². The quantitative estimate of drug-likeness (QED) is 0.788. The Morgan fingerprint density at radius 1 is 1.50 bits per heavy atom. The molecule has 1 aromatic heterocycles. The fourth-order valence-corrected chi connectivity index (χ4v) is 4.36. The molecule has 1 fully saturated rings. The Morgan fingerprint density at radius 3 is 2.65 bits per heavy atom. The summed E-state index contributed by atoms with van der Waals surface area (Å²) in [5, 5.41) is 3.03. The maximum Gasteiger partial charge on any atom is 0.261 e. The second-order valence-electron chi connectivity index (χ2n) is 5.32. The molecule has 1 unspecified atom stereocenters. The maximum atomic E-state index is 12.3. The highest BCUT2D eigenvalue weighted by molar-refractivity contribution is 9.11.